The van der Waals surface area contributed by atoms with Crippen LogP contribution in [0, 0.1) is 6.92 Å². The third-order valence-corrected chi connectivity index (χ3v) is 5.62. The minimum atomic E-state index is 0.452. The second-order valence-electron chi connectivity index (χ2n) is 4.74. The lowest BCUT2D eigenvalue weighted by molar-refractivity contribution is 0.412. The molecule has 0 aromatic carbocycles. The molecule has 1 aliphatic carbocycles. The molecule has 0 aliphatic heterocycles. The lowest BCUT2D eigenvalue weighted by Crippen LogP contribution is -2.23. The number of nitrogens with one attached hydrogen (secondary N) is 1. The summed E-state index contributed by atoms with van der Waals surface area (Å²) < 4.78 is 6.74. The second kappa shape index (κ2) is 5.19. The van der Waals surface area contributed by atoms with Crippen LogP contribution in [0.1, 0.15) is 40.0 Å². The number of hydrogen-bond donors (Lipinski definition) is 1. The molecule has 0 saturated heterocycles. The van der Waals surface area contributed by atoms with Crippen LogP contribution in [0.3, 0.4) is 0 Å². The number of furan rings is 1. The third-order valence-electron chi connectivity index (χ3n) is 3.48. The zero-order valence-electron chi connectivity index (χ0n) is 10.3. The summed E-state index contributed by atoms with van der Waals surface area (Å²) >= 11 is 5.42. The van der Waals surface area contributed by atoms with Gasteiger partial charge in [0.25, 0.3) is 0 Å². The Balaban J connectivity index is 1.68. The van der Waals surface area contributed by atoms with E-state index in [9.17, 15) is 0 Å². The fraction of sp³-hybridized carbons (Fsp3) is 0.429. The third kappa shape index (κ3) is 2.42. The van der Waals surface area contributed by atoms with Crippen molar-refractivity contribution in [2.45, 2.75) is 38.8 Å². The molecule has 0 radical (unpaired) electrons. The number of fused-ring (bicyclic) bond motifs is 1. The summed E-state index contributed by atoms with van der Waals surface area (Å²) in [6.45, 7) is 3.08. The molecule has 0 bridgehead atoms. The summed E-state index contributed by atoms with van der Waals surface area (Å²) in [6, 6.07) is 4.78. The molecular formula is C14H16BrNOS. The summed E-state index contributed by atoms with van der Waals surface area (Å²) in [5.41, 5.74) is 1.36. The van der Waals surface area contributed by atoms with E-state index in [0.29, 0.717) is 6.04 Å². The molecule has 0 fully saturated rings. The van der Waals surface area contributed by atoms with E-state index in [0.717, 1.165) is 13.0 Å². The number of thiophene rings is 1. The predicted molar refractivity (Wildman–Crippen MR) is 78.0 cm³/mol. The minimum Gasteiger partial charge on any atom is -0.469 e. The molecule has 2 aromatic heterocycles. The van der Waals surface area contributed by atoms with Gasteiger partial charge in [-0.1, -0.05) is 0 Å². The maximum absolute atomic E-state index is 5.52. The predicted octanol–water partition coefficient (Wildman–Crippen LogP) is 4.58. The van der Waals surface area contributed by atoms with Crippen molar-refractivity contribution in [3.63, 3.8) is 0 Å². The Labute approximate surface area is 120 Å². The van der Waals surface area contributed by atoms with Gasteiger partial charge in [0.15, 0.2) is 0 Å². The first-order valence-electron chi connectivity index (χ1n) is 6.28. The summed E-state index contributed by atoms with van der Waals surface area (Å²) in [7, 11) is 0. The molecule has 96 valence electrons. The van der Waals surface area contributed by atoms with Gasteiger partial charge in [-0.05, 0) is 47.8 Å². The van der Waals surface area contributed by atoms with Crippen LogP contribution >= 0.6 is 27.3 Å². The zero-order chi connectivity index (χ0) is 12.5. The van der Waals surface area contributed by atoms with E-state index in [4.69, 9.17) is 4.42 Å². The number of hydrogen-bond acceptors (Lipinski definition) is 3. The topological polar surface area (TPSA) is 25.2 Å². The van der Waals surface area contributed by atoms with Gasteiger partial charge in [-0.15, -0.1) is 11.3 Å². The van der Waals surface area contributed by atoms with Crippen molar-refractivity contribution in [1.29, 1.82) is 0 Å². The van der Waals surface area contributed by atoms with Crippen molar-refractivity contribution in [2.75, 3.05) is 0 Å². The van der Waals surface area contributed by atoms with Crippen molar-refractivity contribution in [1.82, 2.24) is 5.32 Å². The molecule has 1 N–H and O–H groups in total. The molecule has 0 saturated carbocycles. The molecule has 2 aromatic rings. The largest absolute Gasteiger partial charge is 0.469 e. The second-order valence-corrected chi connectivity index (χ2v) is 6.94. The van der Waals surface area contributed by atoms with E-state index >= 15 is 0 Å². The van der Waals surface area contributed by atoms with E-state index in [1.807, 2.05) is 17.6 Å². The molecule has 1 atom stereocenters. The Morgan fingerprint density at radius 1 is 1.56 bits per heavy atom. The fourth-order valence-electron chi connectivity index (χ4n) is 2.53. The van der Waals surface area contributed by atoms with E-state index in [1.54, 1.807) is 0 Å². The van der Waals surface area contributed by atoms with Crippen molar-refractivity contribution >= 4 is 27.3 Å². The first-order valence-corrected chi connectivity index (χ1v) is 7.89. The molecule has 3 rings (SSSR count). The van der Waals surface area contributed by atoms with Crippen LogP contribution in [0.15, 0.2) is 27.3 Å². The Morgan fingerprint density at radius 2 is 2.44 bits per heavy atom. The molecule has 0 amide bonds. The monoisotopic (exact) mass is 325 g/mol. The molecule has 2 nitrogen and oxygen atoms in total. The van der Waals surface area contributed by atoms with Gasteiger partial charge in [0.1, 0.15) is 5.76 Å². The average molecular weight is 326 g/mol. The van der Waals surface area contributed by atoms with Gasteiger partial charge in [-0.3, -0.25) is 0 Å². The molecule has 18 heavy (non-hydrogen) atoms. The van der Waals surface area contributed by atoms with Crippen LogP contribution in [0.25, 0.3) is 0 Å². The van der Waals surface area contributed by atoms with Crippen LogP contribution in [0.4, 0.5) is 0 Å². The maximum Gasteiger partial charge on any atom is 0.108 e. The highest BCUT2D eigenvalue weighted by Crippen LogP contribution is 2.32. The van der Waals surface area contributed by atoms with Crippen LogP contribution in [-0.2, 0) is 13.0 Å². The summed E-state index contributed by atoms with van der Waals surface area (Å²) in [6.07, 6.45) is 5.32. The van der Waals surface area contributed by atoms with Gasteiger partial charge in [0, 0.05) is 38.8 Å². The lowest BCUT2D eigenvalue weighted by atomic mass is 9.93. The van der Waals surface area contributed by atoms with Crippen molar-refractivity contribution in [3.05, 3.63) is 43.9 Å². The maximum atomic E-state index is 5.52. The van der Waals surface area contributed by atoms with Gasteiger partial charge in [0.2, 0.25) is 0 Å². The van der Waals surface area contributed by atoms with E-state index in [2.05, 4.69) is 40.3 Å². The zero-order valence-corrected chi connectivity index (χ0v) is 12.7. The van der Waals surface area contributed by atoms with Gasteiger partial charge >= 0.3 is 0 Å². The number of aryl methyl sites for hydroxylation is 2. The van der Waals surface area contributed by atoms with E-state index < -0.39 is 0 Å². The van der Waals surface area contributed by atoms with Crippen molar-refractivity contribution < 1.29 is 4.42 Å². The highest BCUT2D eigenvalue weighted by Gasteiger charge is 2.22. The Bertz CT molecular complexity index is 526. The summed E-state index contributed by atoms with van der Waals surface area (Å²) in [5, 5.41) is 3.65. The van der Waals surface area contributed by atoms with Gasteiger partial charge in [-0.2, -0.15) is 0 Å². The highest BCUT2D eigenvalue weighted by atomic mass is 79.9. The lowest BCUT2D eigenvalue weighted by Gasteiger charge is -2.22. The molecule has 4 heteroatoms. The van der Waals surface area contributed by atoms with Crippen molar-refractivity contribution in [3.8, 4) is 0 Å². The van der Waals surface area contributed by atoms with E-state index in [-0.39, 0.29) is 0 Å². The summed E-state index contributed by atoms with van der Waals surface area (Å²) in [5.74, 6) is 1.17. The molecule has 1 unspecified atom stereocenters. The van der Waals surface area contributed by atoms with Crippen LogP contribution in [-0.4, -0.2) is 0 Å². The molecule has 1 aliphatic rings. The molecule has 0 spiro atoms. The minimum absolute atomic E-state index is 0.452. The standard InChI is InChI=1S/C14H16BrNOS/c1-9-12(15)7-10(18-9)8-16-13-3-2-4-14-11(13)5-6-17-14/h5-7,13,16H,2-4,8H2,1H3. The fourth-order valence-corrected chi connectivity index (χ4v) is 4.08. The Hall–Kier alpha value is -0.580. The highest BCUT2D eigenvalue weighted by molar-refractivity contribution is 9.10. The van der Waals surface area contributed by atoms with Crippen molar-refractivity contribution in [2.24, 2.45) is 0 Å². The van der Waals surface area contributed by atoms with E-state index in [1.165, 1.54) is 38.4 Å². The van der Waals surface area contributed by atoms with Gasteiger partial charge in [0.05, 0.1) is 6.26 Å². The first-order chi connectivity index (χ1) is 8.74. The normalized spacial score (nSPS) is 18.9. The SMILES string of the molecule is Cc1sc(CNC2CCCc3occc32)cc1Br. The van der Waals surface area contributed by atoms with Gasteiger partial charge in [-0.25, -0.2) is 0 Å². The van der Waals surface area contributed by atoms with Crippen LogP contribution < -0.4 is 5.32 Å². The number of rotatable bonds is 3. The summed E-state index contributed by atoms with van der Waals surface area (Å²) in [4.78, 5) is 2.73. The average Bonchev–Trinajstić information content (AvgIpc) is 2.94. The Kier molecular flexibility index (Phi) is 3.59. The first kappa shape index (κ1) is 12.5. The molecule has 2 heterocycles. The quantitative estimate of drug-likeness (QED) is 0.893. The van der Waals surface area contributed by atoms with Crippen LogP contribution in [0.2, 0.25) is 0 Å². The smallest absolute Gasteiger partial charge is 0.108 e. The Morgan fingerprint density at radius 3 is 3.22 bits per heavy atom. The van der Waals surface area contributed by atoms with Crippen LogP contribution in [0.5, 0.6) is 0 Å². The molecular weight excluding hydrogens is 310 g/mol. The number of halogens is 1. The van der Waals surface area contributed by atoms with Gasteiger partial charge < -0.3 is 9.73 Å².